The summed E-state index contributed by atoms with van der Waals surface area (Å²) >= 11 is 23.4. The Bertz CT molecular complexity index is 626. The summed E-state index contributed by atoms with van der Waals surface area (Å²) in [5.41, 5.74) is 3.02. The van der Waals surface area contributed by atoms with Crippen LogP contribution in [-0.2, 0) is 0 Å². The Morgan fingerprint density at radius 2 is 1.63 bits per heavy atom. The van der Waals surface area contributed by atoms with E-state index in [-0.39, 0.29) is 5.38 Å². The van der Waals surface area contributed by atoms with Crippen molar-refractivity contribution < 1.29 is 0 Å². The Labute approximate surface area is 147 Å². The molecule has 2 rings (SSSR count). The highest BCUT2D eigenvalue weighted by Crippen LogP contribution is 2.40. The van der Waals surface area contributed by atoms with Crippen LogP contribution < -0.4 is 0 Å². The van der Waals surface area contributed by atoms with Crippen LogP contribution in [0.5, 0.6) is 0 Å². The van der Waals surface area contributed by atoms with Crippen LogP contribution in [0.4, 0.5) is 0 Å². The molecule has 0 aliphatic rings. The zero-order valence-electron chi connectivity index (χ0n) is 9.85. The molecule has 0 radical (unpaired) electrons. The van der Waals surface area contributed by atoms with Gasteiger partial charge >= 0.3 is 0 Å². The van der Waals surface area contributed by atoms with Crippen LogP contribution in [0.1, 0.15) is 22.1 Å². The molecule has 2 aromatic carbocycles. The van der Waals surface area contributed by atoms with Crippen LogP contribution in [-0.4, -0.2) is 0 Å². The molecule has 0 spiro atoms. The Morgan fingerprint density at radius 3 is 2.32 bits per heavy atom. The van der Waals surface area contributed by atoms with Crippen molar-refractivity contribution >= 4 is 71.0 Å². The zero-order valence-corrected chi connectivity index (χ0v) is 16.1. The van der Waals surface area contributed by atoms with E-state index in [2.05, 4.69) is 47.8 Å². The van der Waals surface area contributed by atoms with Crippen molar-refractivity contribution in [3.8, 4) is 0 Å². The third kappa shape index (κ3) is 3.56. The van der Waals surface area contributed by atoms with Crippen molar-refractivity contribution in [2.75, 3.05) is 0 Å². The summed E-state index contributed by atoms with van der Waals surface area (Å²) in [7, 11) is 0. The Morgan fingerprint density at radius 1 is 0.947 bits per heavy atom. The standard InChI is InChI=1S/C14H9Br3Cl2/c1-7-4-12(17)9(6-11(7)16)14(19)10-5-8(15)2-3-13(10)18/h2-6,14H,1H3. The topological polar surface area (TPSA) is 0 Å². The molecule has 1 unspecified atom stereocenters. The molecule has 0 aliphatic heterocycles. The van der Waals surface area contributed by atoms with Gasteiger partial charge in [0.1, 0.15) is 0 Å². The molecule has 5 heteroatoms. The molecule has 1 atom stereocenters. The molecule has 0 aliphatic carbocycles. The summed E-state index contributed by atoms with van der Waals surface area (Å²) in [6.07, 6.45) is 0. The third-order valence-electron chi connectivity index (χ3n) is 2.78. The molecule has 19 heavy (non-hydrogen) atoms. The van der Waals surface area contributed by atoms with Gasteiger partial charge < -0.3 is 0 Å². The first-order valence-corrected chi connectivity index (χ1v) is 8.64. The van der Waals surface area contributed by atoms with Gasteiger partial charge in [0.05, 0.1) is 5.38 Å². The number of benzene rings is 2. The van der Waals surface area contributed by atoms with Gasteiger partial charge in [-0.3, -0.25) is 0 Å². The van der Waals surface area contributed by atoms with E-state index < -0.39 is 0 Å². The molecule has 0 saturated heterocycles. The summed E-state index contributed by atoms with van der Waals surface area (Å²) < 4.78 is 2.96. The van der Waals surface area contributed by atoms with Crippen molar-refractivity contribution in [1.82, 2.24) is 0 Å². The second kappa shape index (κ2) is 6.48. The predicted octanol–water partition coefficient (Wildman–Crippen LogP) is 7.26. The molecular weight excluding hydrogens is 479 g/mol. The van der Waals surface area contributed by atoms with E-state index in [4.69, 9.17) is 23.2 Å². The van der Waals surface area contributed by atoms with Crippen LogP contribution in [0.15, 0.2) is 43.7 Å². The third-order valence-corrected chi connectivity index (χ3v) is 5.63. The van der Waals surface area contributed by atoms with Crippen LogP contribution in [0.3, 0.4) is 0 Å². The van der Waals surface area contributed by atoms with Gasteiger partial charge in [-0.2, -0.15) is 0 Å². The number of aryl methyl sites for hydroxylation is 1. The molecule has 0 fully saturated rings. The van der Waals surface area contributed by atoms with Gasteiger partial charge in [-0.25, -0.2) is 0 Å². The SMILES string of the molecule is Cc1cc(Br)c(C(Cl)c2cc(Br)ccc2Cl)cc1Br. The molecule has 0 N–H and O–H groups in total. The Kier molecular flexibility index (Phi) is 5.41. The van der Waals surface area contributed by atoms with Crippen molar-refractivity contribution in [2.24, 2.45) is 0 Å². The Hall–Kier alpha value is 0.460. The van der Waals surface area contributed by atoms with Gasteiger partial charge in [0.15, 0.2) is 0 Å². The first-order valence-electron chi connectivity index (χ1n) is 5.44. The van der Waals surface area contributed by atoms with E-state index in [0.29, 0.717) is 5.02 Å². The smallest absolute Gasteiger partial charge is 0.0861 e. The average molecular weight is 488 g/mol. The summed E-state index contributed by atoms with van der Waals surface area (Å²) in [6.45, 7) is 2.04. The Balaban J connectivity index is 2.52. The minimum atomic E-state index is -0.309. The van der Waals surface area contributed by atoms with Crippen molar-refractivity contribution in [3.63, 3.8) is 0 Å². The fraction of sp³-hybridized carbons (Fsp3) is 0.143. The molecule has 0 aromatic heterocycles. The van der Waals surface area contributed by atoms with Crippen LogP contribution in [0, 0.1) is 6.92 Å². The van der Waals surface area contributed by atoms with E-state index in [1.54, 1.807) is 0 Å². The van der Waals surface area contributed by atoms with E-state index in [0.717, 1.165) is 30.1 Å². The molecule has 0 bridgehead atoms. The summed E-state index contributed by atoms with van der Waals surface area (Å²) in [5, 5.41) is 0.350. The highest BCUT2D eigenvalue weighted by atomic mass is 79.9. The highest BCUT2D eigenvalue weighted by molar-refractivity contribution is 9.11. The maximum Gasteiger partial charge on any atom is 0.0861 e. The maximum absolute atomic E-state index is 6.58. The molecule has 0 heterocycles. The van der Waals surface area contributed by atoms with E-state index in [1.165, 1.54) is 0 Å². The second-order valence-electron chi connectivity index (χ2n) is 4.15. The summed E-state index contributed by atoms with van der Waals surface area (Å²) in [4.78, 5) is 0. The van der Waals surface area contributed by atoms with Crippen molar-refractivity contribution in [1.29, 1.82) is 0 Å². The van der Waals surface area contributed by atoms with Gasteiger partial charge in [-0.05, 0) is 53.9 Å². The zero-order chi connectivity index (χ0) is 14.2. The number of rotatable bonds is 2. The fourth-order valence-electron chi connectivity index (χ4n) is 1.73. The molecule has 2 aromatic rings. The van der Waals surface area contributed by atoms with Crippen LogP contribution in [0.2, 0.25) is 5.02 Å². The van der Waals surface area contributed by atoms with Crippen LogP contribution in [0.25, 0.3) is 0 Å². The molecule has 0 nitrogen and oxygen atoms in total. The van der Waals surface area contributed by atoms with Crippen molar-refractivity contribution in [3.05, 3.63) is 65.5 Å². The van der Waals surface area contributed by atoms with Gasteiger partial charge in [-0.15, -0.1) is 11.6 Å². The van der Waals surface area contributed by atoms with E-state index in [9.17, 15) is 0 Å². The lowest BCUT2D eigenvalue weighted by Crippen LogP contribution is -1.97. The van der Waals surface area contributed by atoms with E-state index in [1.807, 2.05) is 37.3 Å². The minimum Gasteiger partial charge on any atom is -0.112 e. The highest BCUT2D eigenvalue weighted by Gasteiger charge is 2.18. The minimum absolute atomic E-state index is 0.309. The average Bonchev–Trinajstić information content (AvgIpc) is 2.36. The quantitative estimate of drug-likeness (QED) is 0.391. The number of hydrogen-bond acceptors (Lipinski definition) is 0. The summed E-state index contributed by atoms with van der Waals surface area (Å²) in [5.74, 6) is 0. The first-order chi connectivity index (χ1) is 8.90. The largest absolute Gasteiger partial charge is 0.112 e. The van der Waals surface area contributed by atoms with Gasteiger partial charge in [-0.1, -0.05) is 59.4 Å². The predicted molar refractivity (Wildman–Crippen MR) is 93.4 cm³/mol. The number of hydrogen-bond donors (Lipinski definition) is 0. The maximum atomic E-state index is 6.58. The summed E-state index contributed by atoms with van der Waals surface area (Å²) in [6, 6.07) is 9.75. The van der Waals surface area contributed by atoms with E-state index >= 15 is 0 Å². The van der Waals surface area contributed by atoms with Gasteiger partial charge in [0.2, 0.25) is 0 Å². The monoisotopic (exact) mass is 484 g/mol. The molecular formula is C14H9Br3Cl2. The first kappa shape index (κ1) is 15.8. The molecule has 100 valence electrons. The van der Waals surface area contributed by atoms with Crippen molar-refractivity contribution in [2.45, 2.75) is 12.3 Å². The molecule has 0 saturated carbocycles. The fourth-order valence-corrected chi connectivity index (χ4v) is 3.93. The second-order valence-corrected chi connectivity index (χ2v) is 7.62. The van der Waals surface area contributed by atoms with Crippen LogP contribution >= 0.6 is 71.0 Å². The van der Waals surface area contributed by atoms with Gasteiger partial charge in [0.25, 0.3) is 0 Å². The molecule has 0 amide bonds. The van der Waals surface area contributed by atoms with Gasteiger partial charge in [0, 0.05) is 18.4 Å². The number of alkyl halides is 1. The normalized spacial score (nSPS) is 12.5. The number of halogens is 5. The lowest BCUT2D eigenvalue weighted by Gasteiger charge is -2.16. The lowest BCUT2D eigenvalue weighted by molar-refractivity contribution is 1.12. The lowest BCUT2D eigenvalue weighted by atomic mass is 10.0.